The normalized spacial score (nSPS) is 13.0. The molecule has 0 saturated carbocycles. The quantitative estimate of drug-likeness (QED) is 0.575. The number of hydrogen-bond donors (Lipinski definition) is 1. The summed E-state index contributed by atoms with van der Waals surface area (Å²) in [6.45, 7) is 0. The van der Waals surface area contributed by atoms with Crippen LogP contribution in [-0.2, 0) is 10.1 Å². The minimum atomic E-state index is -4.39. The molecule has 0 saturated heterocycles. The van der Waals surface area contributed by atoms with Crippen molar-refractivity contribution in [2.45, 2.75) is 4.90 Å². The zero-order valence-electron chi connectivity index (χ0n) is 10.4. The van der Waals surface area contributed by atoms with Gasteiger partial charge in [-0.3, -0.25) is 4.55 Å². The topological polar surface area (TPSA) is 54.4 Å². The lowest BCUT2D eigenvalue weighted by molar-refractivity contribution is 0.483. The molecule has 0 aliphatic carbocycles. The molecule has 2 rings (SSSR count). The summed E-state index contributed by atoms with van der Waals surface area (Å²) in [4.78, 5) is -0.287. The average molecular weight is 408 g/mol. The summed E-state index contributed by atoms with van der Waals surface area (Å²) in [5.74, 6) is 0. The van der Waals surface area contributed by atoms with Gasteiger partial charge in [0.05, 0.1) is 10.1 Å². The van der Waals surface area contributed by atoms with Gasteiger partial charge in [-0.25, -0.2) is 0 Å². The lowest BCUT2D eigenvalue weighted by Gasteiger charge is -2.08. The van der Waals surface area contributed by atoms with E-state index >= 15 is 0 Å². The van der Waals surface area contributed by atoms with Crippen molar-refractivity contribution in [1.82, 2.24) is 0 Å². The SMILES string of the molecule is O=S(=O)(O)c1ccccc1/C(Cl)=C(\Cl)c1ccc(Br)cc1. The Bertz CT molecular complexity index is 799. The molecule has 0 atom stereocenters. The maximum absolute atomic E-state index is 11.4. The van der Waals surface area contributed by atoms with Crippen LogP contribution < -0.4 is 0 Å². The van der Waals surface area contributed by atoms with Crippen LogP contribution in [0.1, 0.15) is 11.1 Å². The van der Waals surface area contributed by atoms with E-state index in [1.54, 1.807) is 30.3 Å². The standard InChI is InChI=1S/C14H9BrCl2O3S/c15-10-7-5-9(6-8-10)13(16)14(17)11-3-1-2-4-12(11)21(18,19)20/h1-8H,(H,18,19,20)/b14-13+. The van der Waals surface area contributed by atoms with Crippen LogP contribution in [0.4, 0.5) is 0 Å². The summed E-state index contributed by atoms with van der Waals surface area (Å²) in [6.07, 6.45) is 0. The molecule has 0 aromatic heterocycles. The monoisotopic (exact) mass is 406 g/mol. The second-order valence-electron chi connectivity index (χ2n) is 4.11. The largest absolute Gasteiger partial charge is 0.295 e. The molecule has 0 amide bonds. The number of benzene rings is 2. The van der Waals surface area contributed by atoms with Gasteiger partial charge in [-0.2, -0.15) is 8.42 Å². The molecule has 2 aromatic rings. The van der Waals surface area contributed by atoms with Gasteiger partial charge in [0.1, 0.15) is 4.90 Å². The molecular weight excluding hydrogens is 399 g/mol. The fourth-order valence-electron chi connectivity index (χ4n) is 1.71. The molecule has 1 N–H and O–H groups in total. The zero-order chi connectivity index (χ0) is 15.6. The fourth-order valence-corrected chi connectivity index (χ4v) is 3.23. The molecule has 2 aromatic carbocycles. The van der Waals surface area contributed by atoms with Crippen LogP contribution in [0.5, 0.6) is 0 Å². The molecule has 0 fully saturated rings. The lowest BCUT2D eigenvalue weighted by atomic mass is 10.1. The van der Waals surface area contributed by atoms with Crippen molar-refractivity contribution in [2.75, 3.05) is 0 Å². The van der Waals surface area contributed by atoms with Crippen LogP contribution in [-0.4, -0.2) is 13.0 Å². The van der Waals surface area contributed by atoms with Crippen molar-refractivity contribution in [2.24, 2.45) is 0 Å². The summed E-state index contributed by atoms with van der Waals surface area (Å²) in [5.41, 5.74) is 0.782. The van der Waals surface area contributed by atoms with Crippen LogP contribution in [0, 0.1) is 0 Å². The number of rotatable bonds is 3. The molecule has 21 heavy (non-hydrogen) atoms. The van der Waals surface area contributed by atoms with Gasteiger partial charge in [0.25, 0.3) is 10.1 Å². The molecule has 0 heterocycles. The summed E-state index contributed by atoms with van der Waals surface area (Å²) in [6, 6.07) is 12.9. The Morgan fingerprint density at radius 2 is 1.52 bits per heavy atom. The van der Waals surface area contributed by atoms with Gasteiger partial charge >= 0.3 is 0 Å². The van der Waals surface area contributed by atoms with Gasteiger partial charge in [-0.05, 0) is 23.8 Å². The Kier molecular flexibility index (Phi) is 5.11. The molecular formula is C14H9BrCl2O3S. The molecule has 3 nitrogen and oxygen atoms in total. The molecule has 0 aliphatic rings. The van der Waals surface area contributed by atoms with Crippen molar-refractivity contribution in [1.29, 1.82) is 0 Å². The van der Waals surface area contributed by atoms with Crippen LogP contribution >= 0.6 is 39.1 Å². The Labute approximate surface area is 141 Å². The van der Waals surface area contributed by atoms with E-state index in [1.807, 2.05) is 0 Å². The van der Waals surface area contributed by atoms with Crippen molar-refractivity contribution < 1.29 is 13.0 Å². The minimum Gasteiger partial charge on any atom is -0.282 e. The van der Waals surface area contributed by atoms with E-state index in [2.05, 4.69) is 15.9 Å². The second-order valence-corrected chi connectivity index (χ2v) is 7.17. The molecule has 0 radical (unpaired) electrons. The van der Waals surface area contributed by atoms with Gasteiger partial charge in [0.15, 0.2) is 0 Å². The van der Waals surface area contributed by atoms with E-state index < -0.39 is 10.1 Å². The number of hydrogen-bond acceptors (Lipinski definition) is 2. The van der Waals surface area contributed by atoms with Gasteiger partial charge < -0.3 is 0 Å². The van der Waals surface area contributed by atoms with E-state index in [1.165, 1.54) is 18.2 Å². The van der Waals surface area contributed by atoms with Crippen molar-refractivity contribution in [3.8, 4) is 0 Å². The Morgan fingerprint density at radius 1 is 0.952 bits per heavy atom. The van der Waals surface area contributed by atoms with E-state index in [9.17, 15) is 13.0 Å². The molecule has 110 valence electrons. The van der Waals surface area contributed by atoms with Crippen molar-refractivity contribution in [3.05, 3.63) is 64.1 Å². The Hall–Kier alpha value is -0.850. The predicted octanol–water partition coefficient (Wildman–Crippen LogP) is 5.00. The smallest absolute Gasteiger partial charge is 0.282 e. The van der Waals surface area contributed by atoms with E-state index in [0.29, 0.717) is 5.56 Å². The third kappa shape index (κ3) is 3.87. The molecule has 7 heteroatoms. The summed E-state index contributed by atoms with van der Waals surface area (Å²) >= 11 is 15.7. The highest BCUT2D eigenvalue weighted by molar-refractivity contribution is 9.10. The van der Waals surface area contributed by atoms with E-state index in [0.717, 1.165) is 4.47 Å². The molecule has 0 spiro atoms. The third-order valence-corrected chi connectivity index (χ3v) is 5.03. The Morgan fingerprint density at radius 3 is 2.10 bits per heavy atom. The van der Waals surface area contributed by atoms with E-state index in [4.69, 9.17) is 23.2 Å². The van der Waals surface area contributed by atoms with Gasteiger partial charge in [0.2, 0.25) is 0 Å². The fraction of sp³-hybridized carbons (Fsp3) is 0. The predicted molar refractivity (Wildman–Crippen MR) is 88.9 cm³/mol. The zero-order valence-corrected chi connectivity index (χ0v) is 14.3. The second kappa shape index (κ2) is 6.50. The van der Waals surface area contributed by atoms with Crippen LogP contribution in [0.3, 0.4) is 0 Å². The summed E-state index contributed by atoms with van der Waals surface area (Å²) < 4.78 is 32.9. The number of halogens is 3. The maximum atomic E-state index is 11.4. The van der Waals surface area contributed by atoms with Crippen LogP contribution in [0.15, 0.2) is 57.9 Å². The average Bonchev–Trinajstić information content (AvgIpc) is 2.45. The van der Waals surface area contributed by atoms with Gasteiger partial charge in [-0.15, -0.1) is 0 Å². The van der Waals surface area contributed by atoms with Gasteiger partial charge in [-0.1, -0.05) is 69.5 Å². The highest BCUT2D eigenvalue weighted by atomic mass is 79.9. The van der Waals surface area contributed by atoms with Crippen molar-refractivity contribution >= 4 is 59.3 Å². The molecule has 0 aliphatic heterocycles. The lowest BCUT2D eigenvalue weighted by Crippen LogP contribution is -2.01. The van der Waals surface area contributed by atoms with Gasteiger partial charge in [0, 0.05) is 10.0 Å². The van der Waals surface area contributed by atoms with Crippen molar-refractivity contribution in [3.63, 3.8) is 0 Å². The highest BCUT2D eigenvalue weighted by Gasteiger charge is 2.18. The molecule has 0 unspecified atom stereocenters. The summed E-state index contributed by atoms with van der Waals surface area (Å²) in [7, 11) is -4.39. The maximum Gasteiger partial charge on any atom is 0.295 e. The molecule has 0 bridgehead atoms. The van der Waals surface area contributed by atoms with Crippen LogP contribution in [0.2, 0.25) is 0 Å². The Balaban J connectivity index is 2.61. The van der Waals surface area contributed by atoms with E-state index in [-0.39, 0.29) is 20.5 Å². The first-order valence-electron chi connectivity index (χ1n) is 5.69. The highest BCUT2D eigenvalue weighted by Crippen LogP contribution is 2.35. The van der Waals surface area contributed by atoms with Crippen LogP contribution in [0.25, 0.3) is 10.1 Å². The third-order valence-electron chi connectivity index (χ3n) is 2.69. The first-order chi connectivity index (χ1) is 9.80. The summed E-state index contributed by atoms with van der Waals surface area (Å²) in [5, 5.41) is 0.243. The minimum absolute atomic E-state index is 0.0483. The first-order valence-corrected chi connectivity index (χ1v) is 8.67. The first kappa shape index (κ1) is 16.5.